The minimum Gasteiger partial charge on any atom is -0.395 e. The number of amides is 5. The first-order chi connectivity index (χ1) is 70.3. The summed E-state index contributed by atoms with van der Waals surface area (Å²) in [5.41, 5.74) is -8.15. The highest BCUT2D eigenvalue weighted by Crippen LogP contribution is 2.42. The van der Waals surface area contributed by atoms with E-state index in [-0.39, 0.29) is 194 Å². The summed E-state index contributed by atoms with van der Waals surface area (Å²) < 4.78 is 114. The standard InChI is InChI=1S/C20H30N4O10S.C19H28N4O8.C16H24N4O8S.C15H22N4O9S.C14H16ClN3O7/c1-3-8-22(9-12-34-35(2,30)31)19-16(13-15(23(26)27)14-17(19)24(28)29)20(25)21-7-11-33-18-6-4-5-10-32-18;1-2-7-21(8-9-24)18-15(12-14(22(26)27)13-16(18)23(28)29)19(25)20-6-11-31-17-5-3-4-10-30-17;1-4-6-17-16(21)13-10-12(19(22)23)11-14(20(24)25)15(13)18(7-5-2)8-9-28-29(3,26)27;1-3-5-17(6-8-28-29(2,26)27)14-12(15(21)16-4-7-20)9-11(18(22)23)10-13(14)19(24)25;15-13-10(7-9(17(20)21)8-11(13)18(22)23)14(19)16-4-6-25-12-3-1-2-5-24-12/h13-14,18H,3-12H2,1-2H3,(H,21,25);12-13,17,24H,2-11H2,1H3,(H,20,25);10-11H,4-9H2,1-3H3,(H,17,21);9-10,20H,3-8H2,1-2H3,(H,16,21);7-8,12H,1-6H2,(H,16,19). The second-order valence-electron chi connectivity index (χ2n) is 32.1. The minimum atomic E-state index is -3.77. The van der Waals surface area contributed by atoms with E-state index in [4.69, 9.17) is 53.5 Å². The third-order valence-electron chi connectivity index (χ3n) is 20.6. The molecular weight excluding hydrogens is 2080 g/mol. The average molecular weight is 2200 g/mol. The SMILES string of the molecule is CCCN(CCO)c1c(C(=O)NCCOC2CCCCO2)cc([N+](=O)[O-])cc1[N+](=O)[O-].CCCN(CCOS(C)(=O)=O)c1c(C(=O)NCCO)cc([N+](=O)[O-])cc1[N+](=O)[O-].CCCN(CCOS(C)(=O)=O)c1c(C(=O)NCCOC2CCCCO2)cc([N+](=O)[O-])cc1[N+](=O)[O-].CCCNC(=O)c1cc([N+](=O)[O-])cc([N+](=O)[O-])c1N(CCC)CCOS(C)(=O)=O.O=C(NCCOC1CCCCO1)c1cc([N+](=O)[O-])cc([N+](=O)[O-])c1Cl. The molecule has 5 amide bonds. The molecular formula is C84H120ClN19O42S3. The van der Waals surface area contributed by atoms with Gasteiger partial charge in [0.15, 0.2) is 18.9 Å². The average Bonchev–Trinajstić information content (AvgIpc) is 0.754. The molecule has 828 valence electrons. The topological polar surface area (TPSA) is 816 Å². The number of hydrogen-bond acceptors (Lipinski definition) is 46. The molecule has 149 heavy (non-hydrogen) atoms. The first-order valence-electron chi connectivity index (χ1n) is 46.2. The Morgan fingerprint density at radius 1 is 0.322 bits per heavy atom. The molecule has 3 aliphatic heterocycles. The van der Waals surface area contributed by atoms with Crippen LogP contribution in [0.5, 0.6) is 0 Å². The van der Waals surface area contributed by atoms with Gasteiger partial charge in [0.2, 0.25) is 0 Å². The lowest BCUT2D eigenvalue weighted by Crippen LogP contribution is -2.34. The fourth-order valence-electron chi connectivity index (χ4n) is 14.3. The molecule has 5 aromatic carbocycles. The lowest BCUT2D eigenvalue weighted by Gasteiger charge is -2.26. The summed E-state index contributed by atoms with van der Waals surface area (Å²) in [6, 6.07) is 8.59. The molecule has 65 heteroatoms. The second kappa shape index (κ2) is 64.6. The zero-order valence-electron chi connectivity index (χ0n) is 82.5. The number of nitro benzene ring substituents is 10. The highest BCUT2D eigenvalue weighted by molar-refractivity contribution is 7.86. The van der Waals surface area contributed by atoms with E-state index in [1.54, 1.807) is 20.8 Å². The van der Waals surface area contributed by atoms with Gasteiger partial charge < -0.3 is 84.8 Å². The zero-order valence-corrected chi connectivity index (χ0v) is 85.7. The van der Waals surface area contributed by atoms with Crippen molar-refractivity contribution >= 4 is 151 Å². The van der Waals surface area contributed by atoms with E-state index in [1.165, 1.54) is 19.6 Å². The van der Waals surface area contributed by atoms with Gasteiger partial charge in [0.25, 0.3) is 117 Å². The fraction of sp³-hybridized carbons (Fsp3) is 0.583. The summed E-state index contributed by atoms with van der Waals surface area (Å²) in [4.78, 5) is 174. The van der Waals surface area contributed by atoms with Gasteiger partial charge >= 0.3 is 0 Å². The van der Waals surface area contributed by atoms with Gasteiger partial charge in [-0.3, -0.25) is 138 Å². The van der Waals surface area contributed by atoms with Crippen molar-refractivity contribution in [3.8, 4) is 0 Å². The number of hydrogen-bond donors (Lipinski definition) is 7. The molecule has 61 nitrogen and oxygen atoms in total. The van der Waals surface area contributed by atoms with Crippen molar-refractivity contribution in [2.75, 3.05) is 196 Å². The predicted molar refractivity (Wildman–Crippen MR) is 531 cm³/mol. The van der Waals surface area contributed by atoms with Crippen LogP contribution in [-0.4, -0.2) is 310 Å². The molecule has 3 aliphatic rings. The Morgan fingerprint density at radius 2 is 0.557 bits per heavy atom. The Labute approximate surface area is 857 Å². The van der Waals surface area contributed by atoms with Crippen LogP contribution >= 0.6 is 11.6 Å². The lowest BCUT2D eigenvalue weighted by atomic mass is 10.1. The molecule has 0 bridgehead atoms. The van der Waals surface area contributed by atoms with Gasteiger partial charge in [0.1, 0.15) is 27.8 Å². The summed E-state index contributed by atoms with van der Waals surface area (Å²) in [5, 5.41) is 144. The van der Waals surface area contributed by atoms with E-state index in [0.29, 0.717) is 64.5 Å². The lowest BCUT2D eigenvalue weighted by molar-refractivity contribution is -0.394. The van der Waals surface area contributed by atoms with Crippen LogP contribution in [0.1, 0.15) is 176 Å². The van der Waals surface area contributed by atoms with Gasteiger partial charge in [-0.05, 0) is 89.9 Å². The fourth-order valence-corrected chi connectivity index (χ4v) is 15.7. The molecule has 0 saturated carbocycles. The molecule has 3 heterocycles. The monoisotopic (exact) mass is 2200 g/mol. The third-order valence-corrected chi connectivity index (χ3v) is 22.8. The largest absolute Gasteiger partial charge is 0.395 e. The van der Waals surface area contributed by atoms with Crippen LogP contribution in [-0.2, 0) is 71.3 Å². The minimum absolute atomic E-state index is 0.0366. The maximum absolute atomic E-state index is 13.0. The van der Waals surface area contributed by atoms with E-state index in [0.717, 1.165) is 131 Å². The Morgan fingerprint density at radius 3 is 0.772 bits per heavy atom. The second-order valence-corrected chi connectivity index (χ2v) is 37.4. The summed E-state index contributed by atoms with van der Waals surface area (Å²) in [5.74, 6) is -3.78. The number of aliphatic hydroxyl groups excluding tert-OH is 2. The molecule has 3 fully saturated rings. The molecule has 3 saturated heterocycles. The molecule has 0 radical (unpaired) electrons. The number of nitrogens with zero attached hydrogens (tertiary/aromatic N) is 14. The number of halogens is 1. The Bertz CT molecular complexity index is 5670. The molecule has 8 rings (SSSR count). The van der Waals surface area contributed by atoms with E-state index in [1.807, 2.05) is 13.8 Å². The van der Waals surface area contributed by atoms with Gasteiger partial charge in [-0.2, -0.15) is 25.3 Å². The van der Waals surface area contributed by atoms with Crippen LogP contribution in [0.25, 0.3) is 0 Å². The van der Waals surface area contributed by atoms with Gasteiger partial charge in [0.05, 0.1) is 179 Å². The van der Waals surface area contributed by atoms with Crippen LogP contribution in [0.3, 0.4) is 0 Å². The summed E-state index contributed by atoms with van der Waals surface area (Å²) in [6.07, 6.45) is 12.4. The molecule has 0 aliphatic carbocycles. The van der Waals surface area contributed by atoms with Crippen LogP contribution in [0.15, 0.2) is 60.7 Å². The first-order valence-corrected chi connectivity index (χ1v) is 52.0. The number of aliphatic hydroxyl groups is 2. The molecule has 7 N–H and O–H groups in total. The smallest absolute Gasteiger partial charge is 0.300 e. The Hall–Kier alpha value is -13.6. The number of nitro groups is 10. The maximum atomic E-state index is 13.0. The molecule has 3 atom stereocenters. The van der Waals surface area contributed by atoms with Gasteiger partial charge in [-0.25, -0.2) is 0 Å². The number of nitrogens with one attached hydrogen (secondary N) is 5. The van der Waals surface area contributed by atoms with Crippen molar-refractivity contribution in [1.29, 1.82) is 0 Å². The summed E-state index contributed by atoms with van der Waals surface area (Å²) in [7, 11) is -11.3. The molecule has 5 aromatic rings. The van der Waals surface area contributed by atoms with Crippen LogP contribution in [0.4, 0.5) is 79.6 Å². The van der Waals surface area contributed by atoms with Crippen molar-refractivity contribution in [2.24, 2.45) is 0 Å². The maximum Gasteiger partial charge on any atom is 0.300 e. The van der Waals surface area contributed by atoms with Gasteiger partial charge in [-0.15, -0.1) is 0 Å². The number of carbonyl (C=O) groups excluding carboxylic acids is 5. The summed E-state index contributed by atoms with van der Waals surface area (Å²) >= 11 is 5.83. The van der Waals surface area contributed by atoms with Gasteiger partial charge in [-0.1, -0.05) is 46.2 Å². The third kappa shape index (κ3) is 44.0. The van der Waals surface area contributed by atoms with Crippen molar-refractivity contribution in [1.82, 2.24) is 26.6 Å². The number of anilines is 4. The Balaban J connectivity index is 0.000000389. The van der Waals surface area contributed by atoms with Crippen molar-refractivity contribution < 1.29 is 150 Å². The number of rotatable bonds is 57. The number of carbonyl (C=O) groups is 5. The van der Waals surface area contributed by atoms with Crippen LogP contribution in [0.2, 0.25) is 5.02 Å². The Kier molecular flexibility index (Phi) is 55.3. The number of ether oxygens (including phenoxy) is 6. The van der Waals surface area contributed by atoms with E-state index in [9.17, 15) is 155 Å². The van der Waals surface area contributed by atoms with Crippen LogP contribution in [0, 0.1) is 101 Å². The highest BCUT2D eigenvalue weighted by atomic mass is 35.5. The highest BCUT2D eigenvalue weighted by Gasteiger charge is 2.38. The molecule has 0 aromatic heterocycles. The van der Waals surface area contributed by atoms with E-state index < -0.39 is 178 Å². The van der Waals surface area contributed by atoms with Crippen LogP contribution < -0.4 is 46.2 Å². The van der Waals surface area contributed by atoms with E-state index in [2.05, 4.69) is 30.8 Å². The molecule has 0 spiro atoms. The molecule has 3 unspecified atom stereocenters. The number of non-ortho nitro benzene ring substituents is 5. The summed E-state index contributed by atoms with van der Waals surface area (Å²) in [6.45, 7) is 10.6. The zero-order chi connectivity index (χ0) is 112. The normalized spacial score (nSPS) is 14.3. The van der Waals surface area contributed by atoms with Crippen molar-refractivity contribution in [3.05, 3.63) is 195 Å². The van der Waals surface area contributed by atoms with Gasteiger partial charge in [0, 0.05) is 135 Å². The first kappa shape index (κ1) is 128. The van der Waals surface area contributed by atoms with Crippen molar-refractivity contribution in [2.45, 2.75) is 143 Å². The predicted octanol–water partition coefficient (Wildman–Crippen LogP) is 8.64. The van der Waals surface area contributed by atoms with Crippen molar-refractivity contribution in [3.63, 3.8) is 0 Å². The number of benzene rings is 5. The van der Waals surface area contributed by atoms with E-state index >= 15 is 0 Å². The quantitative estimate of drug-likeness (QED) is 0.00828.